The molecule has 2 nitrogen and oxygen atoms in total. The summed E-state index contributed by atoms with van der Waals surface area (Å²) in [6.07, 6.45) is -3.81. The van der Waals surface area contributed by atoms with Gasteiger partial charge in [-0.2, -0.15) is 13.2 Å². The van der Waals surface area contributed by atoms with Gasteiger partial charge in [0.15, 0.2) is 0 Å². The van der Waals surface area contributed by atoms with Gasteiger partial charge in [-0.3, -0.25) is 0 Å². The van der Waals surface area contributed by atoms with E-state index in [0.717, 1.165) is 5.56 Å². The summed E-state index contributed by atoms with van der Waals surface area (Å²) in [4.78, 5) is 0. The molecule has 96 valence electrons. The zero-order valence-electron chi connectivity index (χ0n) is 9.63. The minimum atomic E-state index is -4.31. The molecular formula is C12H16F3NO. The molecule has 1 rings (SSSR count). The highest BCUT2D eigenvalue weighted by Gasteiger charge is 2.31. The van der Waals surface area contributed by atoms with Crippen molar-refractivity contribution in [2.45, 2.75) is 25.1 Å². The Balaban J connectivity index is 2.64. The molecule has 0 aliphatic carbocycles. The van der Waals surface area contributed by atoms with Crippen molar-refractivity contribution in [3.05, 3.63) is 35.9 Å². The molecule has 0 spiro atoms. The predicted octanol–water partition coefficient (Wildman–Crippen LogP) is 2.83. The van der Waals surface area contributed by atoms with Gasteiger partial charge < -0.3 is 10.5 Å². The minimum absolute atomic E-state index is 0.146. The molecular weight excluding hydrogens is 231 g/mol. The molecule has 1 atom stereocenters. The molecule has 1 aromatic carbocycles. The van der Waals surface area contributed by atoms with Crippen molar-refractivity contribution < 1.29 is 17.9 Å². The highest BCUT2D eigenvalue weighted by atomic mass is 19.4. The van der Waals surface area contributed by atoms with Crippen LogP contribution in [0, 0.1) is 0 Å². The van der Waals surface area contributed by atoms with Gasteiger partial charge in [-0.05, 0) is 12.0 Å². The van der Waals surface area contributed by atoms with E-state index >= 15 is 0 Å². The molecule has 1 unspecified atom stereocenters. The molecule has 0 saturated heterocycles. The smallest absolute Gasteiger partial charge is 0.370 e. The van der Waals surface area contributed by atoms with Crippen molar-refractivity contribution >= 4 is 0 Å². The third-order valence-electron chi connectivity index (χ3n) is 2.60. The van der Waals surface area contributed by atoms with Crippen molar-refractivity contribution in [3.8, 4) is 0 Å². The summed E-state index contributed by atoms with van der Waals surface area (Å²) in [5, 5.41) is 0. The van der Waals surface area contributed by atoms with Crippen LogP contribution in [0.1, 0.15) is 18.9 Å². The Bertz CT molecular complexity index is 339. The summed E-state index contributed by atoms with van der Waals surface area (Å²) in [5.74, 6) is 0. The number of halogens is 3. The molecule has 0 heterocycles. The Kier molecular flexibility index (Phi) is 4.54. The van der Waals surface area contributed by atoms with Crippen molar-refractivity contribution in [2.24, 2.45) is 5.73 Å². The first-order valence-corrected chi connectivity index (χ1v) is 5.36. The Morgan fingerprint density at radius 1 is 1.12 bits per heavy atom. The van der Waals surface area contributed by atoms with Gasteiger partial charge in [0.25, 0.3) is 0 Å². The van der Waals surface area contributed by atoms with Gasteiger partial charge >= 0.3 is 6.18 Å². The van der Waals surface area contributed by atoms with Gasteiger partial charge in [-0.1, -0.05) is 37.3 Å². The van der Waals surface area contributed by atoms with E-state index in [9.17, 15) is 13.2 Å². The van der Waals surface area contributed by atoms with E-state index in [1.807, 2.05) is 13.0 Å². The summed E-state index contributed by atoms with van der Waals surface area (Å²) in [6.45, 7) is 0.412. The van der Waals surface area contributed by atoms with Gasteiger partial charge in [-0.25, -0.2) is 0 Å². The lowest BCUT2D eigenvalue weighted by molar-refractivity contribution is -0.177. The first-order valence-electron chi connectivity index (χ1n) is 5.36. The Morgan fingerprint density at radius 2 is 1.71 bits per heavy atom. The summed E-state index contributed by atoms with van der Waals surface area (Å²) in [7, 11) is 0. The fraction of sp³-hybridized carbons (Fsp3) is 0.500. The van der Waals surface area contributed by atoms with Crippen LogP contribution in [0.2, 0.25) is 0 Å². The third kappa shape index (κ3) is 4.36. The molecule has 0 aromatic heterocycles. The number of benzene rings is 1. The maximum absolute atomic E-state index is 12.0. The van der Waals surface area contributed by atoms with Crippen LogP contribution in [0.25, 0.3) is 0 Å². The molecule has 0 saturated carbocycles. The number of rotatable bonds is 5. The van der Waals surface area contributed by atoms with Gasteiger partial charge in [0.05, 0.1) is 12.1 Å². The lowest BCUT2D eigenvalue weighted by Gasteiger charge is -2.28. The first kappa shape index (κ1) is 14.0. The van der Waals surface area contributed by atoms with Crippen molar-refractivity contribution in [2.75, 3.05) is 13.2 Å². The van der Waals surface area contributed by atoms with Crippen LogP contribution in [-0.4, -0.2) is 19.4 Å². The van der Waals surface area contributed by atoms with Gasteiger partial charge in [-0.15, -0.1) is 0 Å². The Morgan fingerprint density at radius 3 is 2.18 bits per heavy atom. The highest BCUT2D eigenvalue weighted by Crippen LogP contribution is 2.23. The molecule has 5 heteroatoms. The summed E-state index contributed by atoms with van der Waals surface area (Å²) in [5.41, 5.74) is 5.97. The van der Waals surface area contributed by atoms with E-state index in [4.69, 9.17) is 5.73 Å². The largest absolute Gasteiger partial charge is 0.411 e. The second kappa shape index (κ2) is 5.51. The van der Waals surface area contributed by atoms with Crippen molar-refractivity contribution in [1.29, 1.82) is 0 Å². The van der Waals surface area contributed by atoms with Crippen molar-refractivity contribution in [1.82, 2.24) is 0 Å². The average Bonchev–Trinajstić information content (AvgIpc) is 2.28. The van der Waals surface area contributed by atoms with E-state index in [-0.39, 0.29) is 6.61 Å². The Labute approximate surface area is 98.6 Å². The van der Waals surface area contributed by atoms with Gasteiger partial charge in [0.1, 0.15) is 6.61 Å². The number of alkyl halides is 3. The zero-order chi connectivity index (χ0) is 12.9. The summed E-state index contributed by atoms with van der Waals surface area (Å²) >= 11 is 0. The molecule has 0 aliphatic heterocycles. The quantitative estimate of drug-likeness (QED) is 0.868. The molecule has 0 aliphatic rings. The number of nitrogens with two attached hydrogens (primary N) is 1. The van der Waals surface area contributed by atoms with Crippen LogP contribution < -0.4 is 5.73 Å². The monoisotopic (exact) mass is 247 g/mol. The molecule has 0 radical (unpaired) electrons. The molecule has 0 bridgehead atoms. The predicted molar refractivity (Wildman–Crippen MR) is 59.5 cm³/mol. The normalized spacial score (nSPS) is 15.6. The fourth-order valence-electron chi connectivity index (χ4n) is 1.51. The molecule has 0 fully saturated rings. The summed E-state index contributed by atoms with van der Waals surface area (Å²) in [6, 6.07) is 9.02. The maximum atomic E-state index is 12.0. The zero-order valence-corrected chi connectivity index (χ0v) is 9.63. The van der Waals surface area contributed by atoms with Gasteiger partial charge in [0, 0.05) is 0 Å². The second-order valence-corrected chi connectivity index (χ2v) is 3.98. The molecule has 17 heavy (non-hydrogen) atoms. The van der Waals surface area contributed by atoms with Crippen LogP contribution in [0.15, 0.2) is 30.3 Å². The average molecular weight is 247 g/mol. The minimum Gasteiger partial charge on any atom is -0.370 e. The van der Waals surface area contributed by atoms with Crippen LogP contribution in [0.4, 0.5) is 13.2 Å². The Hall–Kier alpha value is -1.07. The van der Waals surface area contributed by atoms with E-state index in [1.165, 1.54) is 0 Å². The topological polar surface area (TPSA) is 35.2 Å². The first-order chi connectivity index (χ1) is 7.87. The third-order valence-corrected chi connectivity index (χ3v) is 2.60. The van der Waals surface area contributed by atoms with E-state index < -0.39 is 18.3 Å². The molecule has 1 aromatic rings. The van der Waals surface area contributed by atoms with E-state index in [0.29, 0.717) is 6.42 Å². The van der Waals surface area contributed by atoms with Crippen LogP contribution in [0.5, 0.6) is 0 Å². The summed E-state index contributed by atoms with van der Waals surface area (Å²) < 4.78 is 40.6. The van der Waals surface area contributed by atoms with Crippen LogP contribution in [-0.2, 0) is 10.3 Å². The molecule has 0 amide bonds. The maximum Gasteiger partial charge on any atom is 0.411 e. The van der Waals surface area contributed by atoms with Crippen LogP contribution >= 0.6 is 0 Å². The lowest BCUT2D eigenvalue weighted by atomic mass is 9.89. The van der Waals surface area contributed by atoms with Crippen molar-refractivity contribution in [3.63, 3.8) is 0 Å². The van der Waals surface area contributed by atoms with E-state index in [2.05, 4.69) is 4.74 Å². The lowest BCUT2D eigenvalue weighted by Crippen LogP contribution is -2.41. The van der Waals surface area contributed by atoms with Gasteiger partial charge in [0.2, 0.25) is 0 Å². The molecule has 2 N–H and O–H groups in total. The fourth-order valence-corrected chi connectivity index (χ4v) is 1.51. The second-order valence-electron chi connectivity index (χ2n) is 3.98. The number of hydrogen-bond donors (Lipinski definition) is 1. The van der Waals surface area contributed by atoms with E-state index in [1.54, 1.807) is 24.3 Å². The number of hydrogen-bond acceptors (Lipinski definition) is 2. The highest BCUT2D eigenvalue weighted by molar-refractivity contribution is 5.23. The number of ether oxygens (including phenoxy) is 1. The standard InChI is InChI=1S/C12H16F3NO/c1-2-11(16,8-17-9-12(13,14)15)10-6-4-3-5-7-10/h3-7H,2,8-9,16H2,1H3. The SMILES string of the molecule is CCC(N)(COCC(F)(F)F)c1ccccc1. The van der Waals surface area contributed by atoms with Crippen LogP contribution in [0.3, 0.4) is 0 Å².